The van der Waals surface area contributed by atoms with E-state index < -0.39 is 5.54 Å². The van der Waals surface area contributed by atoms with Crippen LogP contribution in [0.1, 0.15) is 43.6 Å². The fourth-order valence-electron chi connectivity index (χ4n) is 3.84. The Balaban J connectivity index is 1.61. The summed E-state index contributed by atoms with van der Waals surface area (Å²) in [6, 6.07) is 2.21. The van der Waals surface area contributed by atoms with Crippen LogP contribution in [0.4, 0.5) is 0 Å². The number of carbonyl (C=O) groups is 1. The SMILES string of the molecule is C[C@H]1CCc2c(sc3ncn(CC(=O)N[C@@](C)(C#N)C4CC4)c(=O)c23)C1. The second kappa shape index (κ2) is 6.20. The highest BCUT2D eigenvalue weighted by Crippen LogP contribution is 2.39. The number of fused-ring (bicyclic) bond motifs is 3. The van der Waals surface area contributed by atoms with Gasteiger partial charge in [-0.3, -0.25) is 14.2 Å². The molecule has 4 rings (SSSR count). The third-order valence-electron chi connectivity index (χ3n) is 5.62. The maximum Gasteiger partial charge on any atom is 0.262 e. The van der Waals surface area contributed by atoms with Crippen molar-refractivity contribution in [3.05, 3.63) is 27.1 Å². The number of nitriles is 1. The highest BCUT2D eigenvalue weighted by Gasteiger charge is 2.43. The van der Waals surface area contributed by atoms with Crippen molar-refractivity contribution in [2.45, 2.75) is 58.0 Å². The summed E-state index contributed by atoms with van der Waals surface area (Å²) in [6.45, 7) is 3.88. The van der Waals surface area contributed by atoms with Crippen molar-refractivity contribution in [1.29, 1.82) is 5.26 Å². The Hall–Kier alpha value is -2.20. The van der Waals surface area contributed by atoms with Gasteiger partial charge in [-0.05, 0) is 56.4 Å². The van der Waals surface area contributed by atoms with Crippen LogP contribution < -0.4 is 10.9 Å². The van der Waals surface area contributed by atoms with E-state index in [9.17, 15) is 14.9 Å². The maximum atomic E-state index is 12.9. The van der Waals surface area contributed by atoms with Crippen LogP contribution in [0, 0.1) is 23.2 Å². The van der Waals surface area contributed by atoms with Gasteiger partial charge in [-0.25, -0.2) is 4.98 Å². The van der Waals surface area contributed by atoms with Gasteiger partial charge >= 0.3 is 0 Å². The zero-order valence-corrected chi connectivity index (χ0v) is 15.9. The van der Waals surface area contributed by atoms with E-state index in [1.807, 2.05) is 0 Å². The molecule has 2 aliphatic carbocycles. The smallest absolute Gasteiger partial charge is 0.262 e. The molecule has 0 aliphatic heterocycles. The predicted molar refractivity (Wildman–Crippen MR) is 100.0 cm³/mol. The highest BCUT2D eigenvalue weighted by atomic mass is 32.1. The van der Waals surface area contributed by atoms with Crippen LogP contribution in [-0.4, -0.2) is 21.0 Å². The molecule has 6 nitrogen and oxygen atoms in total. The molecule has 26 heavy (non-hydrogen) atoms. The molecular formula is C19H22N4O2S. The molecule has 2 aromatic rings. The van der Waals surface area contributed by atoms with E-state index in [0.29, 0.717) is 11.3 Å². The van der Waals surface area contributed by atoms with Gasteiger partial charge in [0.2, 0.25) is 5.91 Å². The van der Waals surface area contributed by atoms with Crippen LogP contribution in [0.15, 0.2) is 11.1 Å². The molecule has 2 heterocycles. The minimum Gasteiger partial charge on any atom is -0.336 e. The number of amides is 1. The van der Waals surface area contributed by atoms with Gasteiger partial charge in [0.25, 0.3) is 5.56 Å². The minimum atomic E-state index is -0.851. The van der Waals surface area contributed by atoms with Gasteiger partial charge in [-0.1, -0.05) is 6.92 Å². The Labute approximate surface area is 155 Å². The Kier molecular flexibility index (Phi) is 4.11. The molecule has 0 spiro atoms. The summed E-state index contributed by atoms with van der Waals surface area (Å²) in [5.74, 6) is 0.524. The average molecular weight is 370 g/mol. The molecule has 1 N–H and O–H groups in total. The van der Waals surface area contributed by atoms with Crippen molar-refractivity contribution >= 4 is 27.5 Å². The van der Waals surface area contributed by atoms with E-state index in [1.54, 1.807) is 18.3 Å². The quantitative estimate of drug-likeness (QED) is 0.895. The Bertz CT molecular complexity index is 982. The van der Waals surface area contributed by atoms with Crippen LogP contribution in [0.5, 0.6) is 0 Å². The lowest BCUT2D eigenvalue weighted by Crippen LogP contribution is -2.48. The molecule has 2 aromatic heterocycles. The number of aryl methyl sites for hydroxylation is 1. The minimum absolute atomic E-state index is 0.104. The first-order chi connectivity index (χ1) is 12.4. The number of nitrogens with zero attached hydrogens (tertiary/aromatic N) is 3. The fourth-order valence-corrected chi connectivity index (χ4v) is 5.19. The summed E-state index contributed by atoms with van der Waals surface area (Å²) in [7, 11) is 0. The maximum absolute atomic E-state index is 12.9. The molecule has 0 bridgehead atoms. The topological polar surface area (TPSA) is 87.8 Å². The van der Waals surface area contributed by atoms with Crippen molar-refractivity contribution in [2.24, 2.45) is 11.8 Å². The van der Waals surface area contributed by atoms with Gasteiger partial charge in [0.15, 0.2) is 0 Å². The largest absolute Gasteiger partial charge is 0.336 e. The average Bonchev–Trinajstić information content (AvgIpc) is 3.39. The first-order valence-electron chi connectivity index (χ1n) is 9.13. The Morgan fingerprint density at radius 2 is 2.27 bits per heavy atom. The number of carbonyl (C=O) groups excluding carboxylic acids is 1. The van der Waals surface area contributed by atoms with Gasteiger partial charge in [-0.2, -0.15) is 5.26 Å². The van der Waals surface area contributed by atoms with Crippen molar-refractivity contribution in [3.63, 3.8) is 0 Å². The molecular weight excluding hydrogens is 348 g/mol. The third kappa shape index (κ3) is 2.92. The van der Waals surface area contributed by atoms with Crippen molar-refractivity contribution in [3.8, 4) is 6.07 Å². The van der Waals surface area contributed by atoms with Crippen LogP contribution in [-0.2, 0) is 24.2 Å². The highest BCUT2D eigenvalue weighted by molar-refractivity contribution is 7.18. The number of hydrogen-bond donors (Lipinski definition) is 1. The molecule has 0 saturated heterocycles. The van der Waals surface area contributed by atoms with E-state index >= 15 is 0 Å². The fraction of sp³-hybridized carbons (Fsp3) is 0.579. The molecule has 7 heteroatoms. The van der Waals surface area contributed by atoms with E-state index in [-0.39, 0.29) is 23.9 Å². The van der Waals surface area contributed by atoms with Gasteiger partial charge in [0.05, 0.1) is 17.8 Å². The molecule has 136 valence electrons. The summed E-state index contributed by atoms with van der Waals surface area (Å²) < 4.78 is 1.37. The van der Waals surface area contributed by atoms with Crippen LogP contribution >= 0.6 is 11.3 Å². The number of hydrogen-bond acceptors (Lipinski definition) is 5. The summed E-state index contributed by atoms with van der Waals surface area (Å²) in [4.78, 5) is 31.8. The lowest BCUT2D eigenvalue weighted by atomic mass is 9.89. The molecule has 2 aliphatic rings. The van der Waals surface area contributed by atoms with Gasteiger partial charge < -0.3 is 5.32 Å². The van der Waals surface area contributed by atoms with Crippen LogP contribution in [0.3, 0.4) is 0 Å². The standard InChI is InChI=1S/C19H22N4O2S/c1-11-3-6-13-14(7-11)26-17-16(13)18(25)23(10-21-17)8-15(24)22-19(2,9-20)12-4-5-12/h10-12H,3-8H2,1-2H3,(H,22,24)/t11-,19-/m0/s1. The van der Waals surface area contributed by atoms with Crippen molar-refractivity contribution in [2.75, 3.05) is 0 Å². The van der Waals surface area contributed by atoms with Gasteiger partial charge in [0.1, 0.15) is 16.9 Å². The van der Waals surface area contributed by atoms with Crippen molar-refractivity contribution in [1.82, 2.24) is 14.9 Å². The number of aromatic nitrogens is 2. The van der Waals surface area contributed by atoms with E-state index in [4.69, 9.17) is 0 Å². The Morgan fingerprint density at radius 3 is 2.96 bits per heavy atom. The second-order valence-corrected chi connectivity index (χ2v) is 8.93. The normalized spacial score (nSPS) is 21.7. The summed E-state index contributed by atoms with van der Waals surface area (Å²) in [6.07, 6.45) is 6.34. The number of nitrogens with one attached hydrogen (secondary N) is 1. The lowest BCUT2D eigenvalue weighted by molar-refractivity contribution is -0.123. The van der Waals surface area contributed by atoms with Crippen LogP contribution in [0.25, 0.3) is 10.2 Å². The first kappa shape index (κ1) is 17.2. The summed E-state index contributed by atoms with van der Waals surface area (Å²) in [5.41, 5.74) is 0.119. The van der Waals surface area contributed by atoms with E-state index in [0.717, 1.165) is 42.5 Å². The molecule has 2 atom stereocenters. The second-order valence-electron chi connectivity index (χ2n) is 7.85. The molecule has 1 saturated carbocycles. The summed E-state index contributed by atoms with van der Waals surface area (Å²) in [5, 5.41) is 12.9. The van der Waals surface area contributed by atoms with Gasteiger partial charge in [0, 0.05) is 4.88 Å². The van der Waals surface area contributed by atoms with Crippen molar-refractivity contribution < 1.29 is 4.79 Å². The predicted octanol–water partition coefficient (Wildman–Crippen LogP) is 2.39. The first-order valence-corrected chi connectivity index (χ1v) is 9.95. The molecule has 1 fully saturated rings. The molecule has 1 amide bonds. The molecule has 0 aromatic carbocycles. The van der Waals surface area contributed by atoms with Gasteiger partial charge in [-0.15, -0.1) is 11.3 Å². The number of thiophene rings is 1. The zero-order chi connectivity index (χ0) is 18.5. The summed E-state index contributed by atoms with van der Waals surface area (Å²) >= 11 is 1.60. The molecule has 0 radical (unpaired) electrons. The van der Waals surface area contributed by atoms with Crippen LogP contribution in [0.2, 0.25) is 0 Å². The Morgan fingerprint density at radius 1 is 1.50 bits per heavy atom. The number of rotatable bonds is 4. The molecule has 0 unspecified atom stereocenters. The van der Waals surface area contributed by atoms with E-state index in [1.165, 1.54) is 15.8 Å². The third-order valence-corrected chi connectivity index (χ3v) is 6.78. The monoisotopic (exact) mass is 370 g/mol. The lowest BCUT2D eigenvalue weighted by Gasteiger charge is -2.23. The van der Waals surface area contributed by atoms with E-state index in [2.05, 4.69) is 23.3 Å². The zero-order valence-electron chi connectivity index (χ0n) is 15.0.